The van der Waals surface area contributed by atoms with Crippen molar-refractivity contribution >= 4 is 35.6 Å². The van der Waals surface area contributed by atoms with Crippen molar-refractivity contribution < 1.29 is 14.5 Å². The van der Waals surface area contributed by atoms with Crippen molar-refractivity contribution in [3.8, 4) is 5.75 Å². The van der Waals surface area contributed by atoms with Crippen LogP contribution < -0.4 is 15.4 Å². The second-order valence-corrected chi connectivity index (χ2v) is 5.51. The summed E-state index contributed by atoms with van der Waals surface area (Å²) < 4.78 is 5.34. The molecule has 1 aliphatic rings. The number of nitrogens with one attached hydrogen (secondary N) is 2. The normalized spacial score (nSPS) is 17.0. The molecule has 2 N–H and O–H groups in total. The van der Waals surface area contributed by atoms with Gasteiger partial charge in [-0.1, -0.05) is 11.6 Å². The minimum Gasteiger partial charge on any atom is -0.486 e. The van der Waals surface area contributed by atoms with E-state index >= 15 is 0 Å². The molecule has 1 amide bonds. The SMILES string of the molecule is Cl.O=C(CCOc1ccc(Cl)cc1[N+](=O)[O-])NC1CCCNC1. The Morgan fingerprint density at radius 1 is 1.52 bits per heavy atom. The minimum atomic E-state index is -0.561. The van der Waals surface area contributed by atoms with Crippen LogP contribution in [0.4, 0.5) is 5.69 Å². The van der Waals surface area contributed by atoms with Crippen molar-refractivity contribution in [3.05, 3.63) is 33.3 Å². The van der Waals surface area contributed by atoms with E-state index in [0.717, 1.165) is 25.9 Å². The lowest BCUT2D eigenvalue weighted by atomic mass is 10.1. The van der Waals surface area contributed by atoms with Crippen molar-refractivity contribution in [2.45, 2.75) is 25.3 Å². The molecule has 1 aromatic rings. The van der Waals surface area contributed by atoms with Crippen molar-refractivity contribution in [1.82, 2.24) is 10.6 Å². The molecule has 23 heavy (non-hydrogen) atoms. The molecule has 1 saturated heterocycles. The number of carbonyl (C=O) groups excluding carboxylic acids is 1. The zero-order chi connectivity index (χ0) is 15.9. The topological polar surface area (TPSA) is 93.5 Å². The molecule has 128 valence electrons. The van der Waals surface area contributed by atoms with E-state index in [0.29, 0.717) is 0 Å². The van der Waals surface area contributed by atoms with E-state index in [4.69, 9.17) is 16.3 Å². The molecule has 2 rings (SSSR count). The van der Waals surface area contributed by atoms with E-state index in [9.17, 15) is 14.9 Å². The van der Waals surface area contributed by atoms with Gasteiger partial charge in [-0.05, 0) is 31.5 Å². The van der Waals surface area contributed by atoms with Crippen LogP contribution in [0.15, 0.2) is 18.2 Å². The van der Waals surface area contributed by atoms with Gasteiger partial charge in [0.05, 0.1) is 18.0 Å². The van der Waals surface area contributed by atoms with Gasteiger partial charge in [-0.3, -0.25) is 14.9 Å². The molecule has 0 aromatic heterocycles. The first kappa shape index (κ1) is 19.5. The summed E-state index contributed by atoms with van der Waals surface area (Å²) in [5, 5.41) is 17.3. The molecule has 1 fully saturated rings. The van der Waals surface area contributed by atoms with E-state index in [1.54, 1.807) is 0 Å². The Morgan fingerprint density at radius 2 is 2.30 bits per heavy atom. The molecule has 0 saturated carbocycles. The molecule has 7 nitrogen and oxygen atoms in total. The van der Waals surface area contributed by atoms with E-state index in [2.05, 4.69) is 10.6 Å². The summed E-state index contributed by atoms with van der Waals surface area (Å²) in [7, 11) is 0. The molecular formula is C14H19Cl2N3O4. The van der Waals surface area contributed by atoms with Crippen LogP contribution in [-0.2, 0) is 4.79 Å². The molecular weight excluding hydrogens is 345 g/mol. The molecule has 0 bridgehead atoms. The second kappa shape index (κ2) is 9.54. The van der Waals surface area contributed by atoms with Gasteiger partial charge in [0, 0.05) is 23.7 Å². The smallest absolute Gasteiger partial charge is 0.312 e. The summed E-state index contributed by atoms with van der Waals surface area (Å²) >= 11 is 5.72. The first-order chi connectivity index (χ1) is 10.6. The third-order valence-electron chi connectivity index (χ3n) is 3.37. The van der Waals surface area contributed by atoms with Gasteiger partial charge in [0.15, 0.2) is 5.75 Å². The zero-order valence-corrected chi connectivity index (χ0v) is 14.0. The lowest BCUT2D eigenvalue weighted by Crippen LogP contribution is -2.45. The molecule has 1 atom stereocenters. The first-order valence-corrected chi connectivity index (χ1v) is 7.51. The highest BCUT2D eigenvalue weighted by Crippen LogP contribution is 2.29. The summed E-state index contributed by atoms with van der Waals surface area (Å²) in [6.45, 7) is 1.83. The number of carbonyl (C=O) groups is 1. The fourth-order valence-electron chi connectivity index (χ4n) is 2.28. The van der Waals surface area contributed by atoms with Crippen molar-refractivity contribution in [2.75, 3.05) is 19.7 Å². The first-order valence-electron chi connectivity index (χ1n) is 7.13. The van der Waals surface area contributed by atoms with Gasteiger partial charge in [0.25, 0.3) is 0 Å². The van der Waals surface area contributed by atoms with Gasteiger partial charge in [0.1, 0.15) is 0 Å². The number of rotatable bonds is 6. The fraction of sp³-hybridized carbons (Fsp3) is 0.500. The number of piperidine rings is 1. The molecule has 0 spiro atoms. The van der Waals surface area contributed by atoms with E-state index in [1.165, 1.54) is 18.2 Å². The van der Waals surface area contributed by atoms with Gasteiger partial charge >= 0.3 is 5.69 Å². The minimum absolute atomic E-state index is 0. The van der Waals surface area contributed by atoms with Crippen LogP contribution in [0, 0.1) is 10.1 Å². The molecule has 1 aromatic carbocycles. The lowest BCUT2D eigenvalue weighted by molar-refractivity contribution is -0.385. The molecule has 9 heteroatoms. The summed E-state index contributed by atoms with van der Waals surface area (Å²) in [5.74, 6) is -0.00755. The Bertz CT molecular complexity index is 551. The number of nitrogens with zero attached hydrogens (tertiary/aromatic N) is 1. The number of hydrogen-bond donors (Lipinski definition) is 2. The van der Waals surface area contributed by atoms with Crippen LogP contribution in [0.5, 0.6) is 5.75 Å². The third kappa shape index (κ3) is 6.21. The second-order valence-electron chi connectivity index (χ2n) is 5.08. The highest BCUT2D eigenvalue weighted by atomic mass is 35.5. The zero-order valence-electron chi connectivity index (χ0n) is 12.4. The third-order valence-corrected chi connectivity index (χ3v) is 3.60. The van der Waals surface area contributed by atoms with E-state index < -0.39 is 4.92 Å². The van der Waals surface area contributed by atoms with Gasteiger partial charge in [0.2, 0.25) is 5.91 Å². The van der Waals surface area contributed by atoms with Crippen LogP contribution >= 0.6 is 24.0 Å². The number of nitro groups is 1. The summed E-state index contributed by atoms with van der Waals surface area (Å²) in [4.78, 5) is 22.2. The monoisotopic (exact) mass is 363 g/mol. The van der Waals surface area contributed by atoms with Gasteiger partial charge in [-0.25, -0.2) is 0 Å². The number of nitro benzene ring substituents is 1. The van der Waals surface area contributed by atoms with E-state index in [1.807, 2.05) is 0 Å². The van der Waals surface area contributed by atoms with Crippen LogP contribution in [0.1, 0.15) is 19.3 Å². The lowest BCUT2D eigenvalue weighted by Gasteiger charge is -2.23. The Labute approximate surface area is 145 Å². The van der Waals surface area contributed by atoms with Gasteiger partial charge in [-0.15, -0.1) is 12.4 Å². The van der Waals surface area contributed by atoms with Gasteiger partial charge in [-0.2, -0.15) is 0 Å². The van der Waals surface area contributed by atoms with Crippen LogP contribution in [-0.4, -0.2) is 36.6 Å². The highest BCUT2D eigenvalue weighted by Gasteiger charge is 2.17. The molecule has 0 radical (unpaired) electrons. The molecule has 0 aliphatic carbocycles. The Hall–Kier alpha value is -1.57. The fourth-order valence-corrected chi connectivity index (χ4v) is 2.45. The highest BCUT2D eigenvalue weighted by molar-refractivity contribution is 6.30. The summed E-state index contributed by atoms with van der Waals surface area (Å²) in [6.07, 6.45) is 2.15. The Balaban J connectivity index is 0.00000264. The molecule has 1 heterocycles. The number of hydrogen-bond acceptors (Lipinski definition) is 5. The summed E-state index contributed by atoms with van der Waals surface area (Å²) in [5.41, 5.74) is -0.204. The Kier molecular flexibility index (Phi) is 8.08. The number of ether oxygens (including phenoxy) is 1. The average Bonchev–Trinajstić information content (AvgIpc) is 2.49. The predicted molar refractivity (Wildman–Crippen MR) is 89.5 cm³/mol. The van der Waals surface area contributed by atoms with Crippen LogP contribution in [0.3, 0.4) is 0 Å². The van der Waals surface area contributed by atoms with Gasteiger partial charge < -0.3 is 15.4 Å². The number of halogens is 2. The molecule has 1 aliphatic heterocycles. The largest absolute Gasteiger partial charge is 0.486 e. The maximum atomic E-state index is 11.8. The Morgan fingerprint density at radius 3 is 2.96 bits per heavy atom. The summed E-state index contributed by atoms with van der Waals surface area (Å²) in [6, 6.07) is 4.32. The maximum absolute atomic E-state index is 11.8. The van der Waals surface area contributed by atoms with E-state index in [-0.39, 0.29) is 53.8 Å². The van der Waals surface area contributed by atoms with Crippen LogP contribution in [0.25, 0.3) is 0 Å². The molecule has 1 unspecified atom stereocenters. The predicted octanol–water partition coefficient (Wildman–Crippen LogP) is 2.31. The maximum Gasteiger partial charge on any atom is 0.312 e. The average molecular weight is 364 g/mol. The van der Waals surface area contributed by atoms with Crippen molar-refractivity contribution in [2.24, 2.45) is 0 Å². The number of benzene rings is 1. The van der Waals surface area contributed by atoms with Crippen molar-refractivity contribution in [1.29, 1.82) is 0 Å². The van der Waals surface area contributed by atoms with Crippen molar-refractivity contribution in [3.63, 3.8) is 0 Å². The standard InChI is InChI=1S/C14H18ClN3O4.ClH/c15-10-3-4-13(12(8-10)18(20)21)22-7-5-14(19)17-11-2-1-6-16-9-11;/h3-4,8,11,16H,1-2,5-7,9H2,(H,17,19);1H. The number of amides is 1. The quantitative estimate of drug-likeness (QED) is 0.597. The van der Waals surface area contributed by atoms with Crippen LogP contribution in [0.2, 0.25) is 5.02 Å².